The van der Waals surface area contributed by atoms with Crippen LogP contribution < -0.4 is 5.32 Å². The van der Waals surface area contributed by atoms with Gasteiger partial charge in [0.1, 0.15) is 5.25 Å². The second kappa shape index (κ2) is 7.99. The molecule has 0 unspecified atom stereocenters. The summed E-state index contributed by atoms with van der Waals surface area (Å²) >= 11 is 7.60. The molecule has 3 rings (SSSR count). The van der Waals surface area contributed by atoms with Crippen LogP contribution in [0, 0.1) is 0 Å². The maximum Gasteiger partial charge on any atom is 0.242 e. The van der Waals surface area contributed by atoms with Gasteiger partial charge >= 0.3 is 0 Å². The number of rotatable bonds is 5. The number of thioether (sulfide) groups is 1. The highest BCUT2D eigenvalue weighted by Gasteiger charge is 2.22. The topological polar surface area (TPSA) is 42.0 Å². The van der Waals surface area contributed by atoms with Gasteiger partial charge in [0.15, 0.2) is 0 Å². The van der Waals surface area contributed by atoms with Crippen LogP contribution in [0.4, 0.5) is 5.69 Å². The molecule has 0 bridgehead atoms. The van der Waals surface area contributed by atoms with Crippen molar-refractivity contribution in [3.63, 3.8) is 0 Å². The van der Waals surface area contributed by atoms with E-state index in [1.165, 1.54) is 18.0 Å². The number of benzene rings is 2. The molecule has 1 atom stereocenters. The summed E-state index contributed by atoms with van der Waals surface area (Å²) in [5.74, 6) is -0.122. The van der Waals surface area contributed by atoms with Crippen LogP contribution >= 0.6 is 23.4 Å². The molecule has 1 N–H and O–H groups in total. The summed E-state index contributed by atoms with van der Waals surface area (Å²) in [5.41, 5.74) is 1.50. The average Bonchev–Trinajstić information content (AvgIpc) is 2.63. The predicted molar refractivity (Wildman–Crippen MR) is 99.4 cm³/mol. The third-order valence-electron chi connectivity index (χ3n) is 3.37. The summed E-state index contributed by atoms with van der Waals surface area (Å²) in [7, 11) is 0. The number of amides is 1. The van der Waals surface area contributed by atoms with Gasteiger partial charge in [-0.1, -0.05) is 60.1 Å². The first-order valence-electron chi connectivity index (χ1n) is 7.41. The molecular weight excluding hydrogens is 340 g/mol. The Morgan fingerprint density at radius 2 is 1.67 bits per heavy atom. The molecule has 24 heavy (non-hydrogen) atoms. The molecule has 0 radical (unpaired) electrons. The van der Waals surface area contributed by atoms with Crippen LogP contribution in [-0.4, -0.2) is 10.9 Å². The molecule has 120 valence electrons. The predicted octanol–water partition coefficient (Wildman–Crippen LogP) is 5.21. The molecule has 1 heterocycles. The van der Waals surface area contributed by atoms with Crippen molar-refractivity contribution in [1.82, 2.24) is 4.98 Å². The summed E-state index contributed by atoms with van der Waals surface area (Å²) in [4.78, 5) is 17.8. The molecule has 0 saturated heterocycles. The molecule has 1 aromatic heterocycles. The fourth-order valence-corrected chi connectivity index (χ4v) is 3.42. The van der Waals surface area contributed by atoms with E-state index in [1.54, 1.807) is 12.3 Å². The molecule has 0 saturated carbocycles. The van der Waals surface area contributed by atoms with Crippen LogP contribution in [0.15, 0.2) is 84.0 Å². The molecule has 2 aromatic carbocycles. The van der Waals surface area contributed by atoms with Crippen LogP contribution in [0.25, 0.3) is 0 Å². The van der Waals surface area contributed by atoms with E-state index in [4.69, 9.17) is 11.6 Å². The Labute approximate surface area is 150 Å². The van der Waals surface area contributed by atoms with E-state index in [2.05, 4.69) is 10.3 Å². The van der Waals surface area contributed by atoms with Gasteiger partial charge in [-0.05, 0) is 23.8 Å². The lowest BCUT2D eigenvalue weighted by Gasteiger charge is -2.17. The lowest BCUT2D eigenvalue weighted by Crippen LogP contribution is -2.19. The van der Waals surface area contributed by atoms with E-state index in [0.29, 0.717) is 10.7 Å². The monoisotopic (exact) mass is 354 g/mol. The van der Waals surface area contributed by atoms with Gasteiger partial charge < -0.3 is 5.32 Å². The van der Waals surface area contributed by atoms with Crippen LogP contribution in [-0.2, 0) is 4.79 Å². The Kier molecular flexibility index (Phi) is 5.51. The van der Waals surface area contributed by atoms with Gasteiger partial charge in [0.2, 0.25) is 5.91 Å². The second-order valence-corrected chi connectivity index (χ2v) is 6.65. The quantitative estimate of drug-likeness (QED) is 0.640. The number of aromatic nitrogens is 1. The number of hydrogen-bond acceptors (Lipinski definition) is 3. The molecule has 3 aromatic rings. The minimum Gasteiger partial charge on any atom is -0.323 e. The Hall–Kier alpha value is -2.30. The average molecular weight is 355 g/mol. The zero-order chi connectivity index (χ0) is 16.8. The van der Waals surface area contributed by atoms with Gasteiger partial charge in [0.25, 0.3) is 0 Å². The van der Waals surface area contributed by atoms with Crippen molar-refractivity contribution in [1.29, 1.82) is 0 Å². The zero-order valence-corrected chi connectivity index (χ0v) is 14.3. The number of carbonyl (C=O) groups excluding carboxylic acids is 1. The number of anilines is 1. The molecule has 0 fully saturated rings. The van der Waals surface area contributed by atoms with Crippen molar-refractivity contribution in [3.8, 4) is 0 Å². The molecule has 0 aliphatic rings. The summed E-state index contributed by atoms with van der Waals surface area (Å²) < 4.78 is 0. The minimum atomic E-state index is -0.377. The Morgan fingerprint density at radius 1 is 1.00 bits per heavy atom. The molecule has 5 heteroatoms. The van der Waals surface area contributed by atoms with Crippen molar-refractivity contribution in [2.45, 2.75) is 10.1 Å². The zero-order valence-electron chi connectivity index (χ0n) is 12.7. The van der Waals surface area contributed by atoms with Crippen LogP contribution in [0.5, 0.6) is 0 Å². The van der Waals surface area contributed by atoms with Crippen molar-refractivity contribution >= 4 is 35.0 Å². The fraction of sp³-hybridized carbons (Fsp3) is 0.0526. The second-order valence-electron chi connectivity index (χ2n) is 5.07. The summed E-state index contributed by atoms with van der Waals surface area (Å²) in [6.07, 6.45) is 3.11. The number of hydrogen-bond donors (Lipinski definition) is 1. The number of nitrogens with one attached hydrogen (secondary N) is 1. The van der Waals surface area contributed by atoms with Gasteiger partial charge in [0.05, 0.1) is 10.7 Å². The fourth-order valence-electron chi connectivity index (χ4n) is 2.21. The minimum absolute atomic E-state index is 0.122. The summed E-state index contributed by atoms with van der Waals surface area (Å²) in [6.45, 7) is 0. The number of nitrogens with zero attached hydrogens (tertiary/aromatic N) is 1. The molecular formula is C19H15ClN2OS. The number of pyridine rings is 1. The largest absolute Gasteiger partial charge is 0.323 e. The maximum atomic E-state index is 12.9. The first-order valence-corrected chi connectivity index (χ1v) is 8.67. The number of halogens is 1. The Balaban J connectivity index is 1.87. The molecule has 3 nitrogen and oxygen atoms in total. The first kappa shape index (κ1) is 16.6. The van der Waals surface area contributed by atoms with Crippen molar-refractivity contribution < 1.29 is 4.79 Å². The molecule has 0 aliphatic heterocycles. The number of carbonyl (C=O) groups is 1. The van der Waals surface area contributed by atoms with E-state index in [1.807, 2.05) is 60.7 Å². The van der Waals surface area contributed by atoms with E-state index in [-0.39, 0.29) is 11.2 Å². The lowest BCUT2D eigenvalue weighted by molar-refractivity contribution is -0.115. The van der Waals surface area contributed by atoms with Gasteiger partial charge in [0, 0.05) is 17.3 Å². The van der Waals surface area contributed by atoms with E-state index in [9.17, 15) is 4.79 Å². The van der Waals surface area contributed by atoms with Crippen LogP contribution in [0.1, 0.15) is 10.8 Å². The highest BCUT2D eigenvalue weighted by molar-refractivity contribution is 8.00. The molecule has 1 amide bonds. The van der Waals surface area contributed by atoms with Gasteiger partial charge in [-0.2, -0.15) is 0 Å². The van der Waals surface area contributed by atoms with Crippen LogP contribution in [0.3, 0.4) is 0 Å². The molecule has 0 aliphatic carbocycles. The normalized spacial score (nSPS) is 11.7. The van der Waals surface area contributed by atoms with E-state index >= 15 is 0 Å². The van der Waals surface area contributed by atoms with E-state index in [0.717, 1.165) is 10.5 Å². The third kappa shape index (κ3) is 4.16. The van der Waals surface area contributed by atoms with Crippen LogP contribution in [0.2, 0.25) is 5.02 Å². The highest BCUT2D eigenvalue weighted by atomic mass is 35.5. The first-order chi connectivity index (χ1) is 11.7. The SMILES string of the molecule is O=C(Nc1ccncc1Cl)[C@@H](Sc1ccccc1)c1ccccc1. The summed E-state index contributed by atoms with van der Waals surface area (Å²) in [6, 6.07) is 21.3. The Morgan fingerprint density at radius 3 is 2.33 bits per heavy atom. The van der Waals surface area contributed by atoms with Gasteiger partial charge in [-0.25, -0.2) is 0 Å². The highest BCUT2D eigenvalue weighted by Crippen LogP contribution is 2.36. The van der Waals surface area contributed by atoms with Crippen molar-refractivity contribution in [3.05, 3.63) is 89.7 Å². The van der Waals surface area contributed by atoms with Gasteiger partial charge in [-0.3, -0.25) is 9.78 Å². The summed E-state index contributed by atoms with van der Waals surface area (Å²) in [5, 5.41) is 2.94. The maximum absolute atomic E-state index is 12.9. The Bertz CT molecular complexity index is 812. The van der Waals surface area contributed by atoms with Crippen molar-refractivity contribution in [2.24, 2.45) is 0 Å². The lowest BCUT2D eigenvalue weighted by atomic mass is 10.1. The standard InChI is InChI=1S/C19H15ClN2OS/c20-16-13-21-12-11-17(16)22-19(23)18(14-7-3-1-4-8-14)24-15-9-5-2-6-10-15/h1-13,18H,(H,21,22,23)/t18-/m0/s1. The van der Waals surface area contributed by atoms with E-state index < -0.39 is 0 Å². The third-order valence-corrected chi connectivity index (χ3v) is 4.94. The van der Waals surface area contributed by atoms with Gasteiger partial charge in [-0.15, -0.1) is 11.8 Å². The van der Waals surface area contributed by atoms with Crippen molar-refractivity contribution in [2.75, 3.05) is 5.32 Å². The molecule has 0 spiro atoms. The smallest absolute Gasteiger partial charge is 0.242 e.